The van der Waals surface area contributed by atoms with Crippen molar-refractivity contribution in [2.45, 2.75) is 50.6 Å². The van der Waals surface area contributed by atoms with Gasteiger partial charge >= 0.3 is 6.03 Å². The Morgan fingerprint density at radius 1 is 1.00 bits per heavy atom. The lowest BCUT2D eigenvalue weighted by molar-refractivity contribution is -0.130. The fourth-order valence-corrected chi connectivity index (χ4v) is 5.36. The first-order valence-electron chi connectivity index (χ1n) is 10.3. The number of imide groups is 1. The lowest BCUT2D eigenvalue weighted by Crippen LogP contribution is -2.57. The maximum atomic E-state index is 12.3. The average molecular weight is 392 g/mol. The Bertz CT molecular complexity index is 917. The Kier molecular flexibility index (Phi) is 4.85. The largest absolute Gasteiger partial charge is 0.365 e. The number of carbonyl (C=O) groups is 2. The summed E-state index contributed by atoms with van der Waals surface area (Å²) < 4.78 is 0. The summed E-state index contributed by atoms with van der Waals surface area (Å²) in [7, 11) is 2.17. The van der Waals surface area contributed by atoms with Gasteiger partial charge in [-0.25, -0.2) is 4.79 Å². The van der Waals surface area contributed by atoms with E-state index in [-0.39, 0.29) is 17.5 Å². The van der Waals surface area contributed by atoms with Gasteiger partial charge in [0.25, 0.3) is 0 Å². The molecule has 1 N–H and O–H groups in total. The van der Waals surface area contributed by atoms with Crippen molar-refractivity contribution >= 4 is 17.6 Å². The van der Waals surface area contributed by atoms with Crippen molar-refractivity contribution in [2.24, 2.45) is 0 Å². The minimum atomic E-state index is -0.409. The molecule has 0 radical (unpaired) electrons. The van der Waals surface area contributed by atoms with Crippen LogP contribution in [-0.2, 0) is 10.3 Å². The highest BCUT2D eigenvalue weighted by Crippen LogP contribution is 2.49. The van der Waals surface area contributed by atoms with Crippen molar-refractivity contribution in [1.29, 1.82) is 0 Å². The standard InChI is InChI=1S/C24H29N3O2/c1-18-9-7-8-12-21(18)26(3)24(20-10-5-4-6-11-20)15-13-23(14-16-24)17-25-22(29)27(23)19(2)28/h4-12H,13-17H2,1-3H3,(H,25,29). The molecule has 5 heteroatoms. The van der Waals surface area contributed by atoms with Gasteiger partial charge in [0.15, 0.2) is 0 Å². The van der Waals surface area contributed by atoms with Gasteiger partial charge < -0.3 is 10.2 Å². The monoisotopic (exact) mass is 391 g/mol. The van der Waals surface area contributed by atoms with Crippen molar-refractivity contribution in [2.75, 3.05) is 18.5 Å². The Balaban J connectivity index is 1.73. The molecule has 29 heavy (non-hydrogen) atoms. The lowest BCUT2D eigenvalue weighted by Gasteiger charge is -2.52. The van der Waals surface area contributed by atoms with E-state index in [9.17, 15) is 9.59 Å². The first-order chi connectivity index (χ1) is 13.9. The lowest BCUT2D eigenvalue weighted by atomic mass is 9.68. The van der Waals surface area contributed by atoms with Crippen molar-refractivity contribution in [3.63, 3.8) is 0 Å². The van der Waals surface area contributed by atoms with E-state index in [0.717, 1.165) is 25.7 Å². The third-order valence-electron chi connectivity index (χ3n) is 7.00. The molecule has 1 spiro atoms. The molecule has 2 aromatic rings. The molecule has 1 aliphatic carbocycles. The average Bonchev–Trinajstić information content (AvgIpc) is 3.05. The third kappa shape index (κ3) is 3.09. The van der Waals surface area contributed by atoms with Crippen LogP contribution in [0.25, 0.3) is 0 Å². The molecule has 2 aliphatic rings. The molecule has 5 nitrogen and oxygen atoms in total. The van der Waals surface area contributed by atoms with Gasteiger partial charge in [-0.15, -0.1) is 0 Å². The summed E-state index contributed by atoms with van der Waals surface area (Å²) in [6.45, 7) is 4.18. The molecule has 2 fully saturated rings. The van der Waals surface area contributed by atoms with Crippen LogP contribution >= 0.6 is 0 Å². The van der Waals surface area contributed by atoms with Crippen LogP contribution in [0.15, 0.2) is 54.6 Å². The van der Waals surface area contributed by atoms with Crippen molar-refractivity contribution in [3.8, 4) is 0 Å². The zero-order valence-corrected chi connectivity index (χ0v) is 17.4. The van der Waals surface area contributed by atoms with Gasteiger partial charge in [-0.2, -0.15) is 0 Å². The van der Waals surface area contributed by atoms with Gasteiger partial charge in [0, 0.05) is 26.2 Å². The summed E-state index contributed by atoms with van der Waals surface area (Å²) in [6.07, 6.45) is 3.33. The van der Waals surface area contributed by atoms with Crippen LogP contribution in [0.3, 0.4) is 0 Å². The normalized spacial score (nSPS) is 26.4. The van der Waals surface area contributed by atoms with Crippen LogP contribution in [0, 0.1) is 6.92 Å². The van der Waals surface area contributed by atoms with E-state index >= 15 is 0 Å². The van der Waals surface area contributed by atoms with E-state index in [1.165, 1.54) is 28.6 Å². The van der Waals surface area contributed by atoms with Gasteiger partial charge in [0.1, 0.15) is 0 Å². The quantitative estimate of drug-likeness (QED) is 0.853. The number of nitrogens with zero attached hydrogens (tertiary/aromatic N) is 2. The minimum absolute atomic E-state index is 0.167. The summed E-state index contributed by atoms with van der Waals surface area (Å²) in [6, 6.07) is 18.9. The first kappa shape index (κ1) is 19.5. The molecule has 0 unspecified atom stereocenters. The van der Waals surface area contributed by atoms with Crippen LogP contribution < -0.4 is 10.2 Å². The SMILES string of the molecule is CC(=O)N1C(=O)NCC12CCC(c1ccccc1)(N(C)c1ccccc1C)CC2. The number of hydrogen-bond acceptors (Lipinski definition) is 3. The van der Waals surface area contributed by atoms with E-state index in [4.69, 9.17) is 0 Å². The third-order valence-corrected chi connectivity index (χ3v) is 7.00. The molecule has 1 saturated carbocycles. The molecule has 152 valence electrons. The van der Waals surface area contributed by atoms with Crippen LogP contribution in [0.4, 0.5) is 10.5 Å². The predicted octanol–water partition coefficient (Wildman–Crippen LogP) is 4.21. The van der Waals surface area contributed by atoms with Gasteiger partial charge in [-0.3, -0.25) is 9.69 Å². The number of urea groups is 1. The highest BCUT2D eigenvalue weighted by molar-refractivity contribution is 5.96. The Morgan fingerprint density at radius 3 is 2.24 bits per heavy atom. The maximum absolute atomic E-state index is 12.3. The zero-order chi connectivity index (χ0) is 20.6. The second kappa shape index (κ2) is 7.21. The Labute approximate surface area is 172 Å². The van der Waals surface area contributed by atoms with Crippen LogP contribution in [0.5, 0.6) is 0 Å². The van der Waals surface area contributed by atoms with Crippen molar-refractivity contribution in [1.82, 2.24) is 10.2 Å². The molecular weight excluding hydrogens is 362 g/mol. The van der Waals surface area contributed by atoms with E-state index in [2.05, 4.69) is 72.7 Å². The number of hydrogen-bond donors (Lipinski definition) is 1. The molecule has 4 rings (SSSR count). The van der Waals surface area contributed by atoms with Gasteiger partial charge in [0.05, 0.1) is 11.1 Å². The van der Waals surface area contributed by atoms with E-state index in [1.807, 2.05) is 6.07 Å². The molecule has 1 heterocycles. The number of aryl methyl sites for hydroxylation is 1. The smallest absolute Gasteiger partial charge is 0.324 e. The molecule has 2 aromatic carbocycles. The number of carbonyl (C=O) groups excluding carboxylic acids is 2. The van der Waals surface area contributed by atoms with E-state index in [0.29, 0.717) is 6.54 Å². The number of para-hydroxylation sites is 1. The van der Waals surface area contributed by atoms with Crippen LogP contribution in [0.2, 0.25) is 0 Å². The number of benzene rings is 2. The molecular formula is C24H29N3O2. The highest BCUT2D eigenvalue weighted by atomic mass is 16.2. The Morgan fingerprint density at radius 2 is 1.62 bits per heavy atom. The maximum Gasteiger partial charge on any atom is 0.324 e. The topological polar surface area (TPSA) is 52.7 Å². The van der Waals surface area contributed by atoms with Gasteiger partial charge in [-0.05, 0) is 49.8 Å². The number of nitrogens with one attached hydrogen (secondary N) is 1. The van der Waals surface area contributed by atoms with E-state index < -0.39 is 5.54 Å². The number of anilines is 1. The number of amides is 3. The molecule has 0 atom stereocenters. The van der Waals surface area contributed by atoms with E-state index in [1.54, 1.807) is 0 Å². The van der Waals surface area contributed by atoms with Gasteiger partial charge in [0.2, 0.25) is 5.91 Å². The second-order valence-electron chi connectivity index (χ2n) is 8.48. The predicted molar refractivity (Wildman–Crippen MR) is 115 cm³/mol. The first-order valence-corrected chi connectivity index (χ1v) is 10.3. The van der Waals surface area contributed by atoms with Crippen LogP contribution in [-0.4, -0.2) is 36.0 Å². The summed E-state index contributed by atoms with van der Waals surface area (Å²) in [5.74, 6) is -0.167. The molecule has 1 aliphatic heterocycles. The summed E-state index contributed by atoms with van der Waals surface area (Å²) in [4.78, 5) is 28.4. The summed E-state index contributed by atoms with van der Waals surface area (Å²) >= 11 is 0. The molecule has 1 saturated heterocycles. The minimum Gasteiger partial charge on any atom is -0.365 e. The second-order valence-corrected chi connectivity index (χ2v) is 8.48. The fourth-order valence-electron chi connectivity index (χ4n) is 5.36. The number of rotatable bonds is 3. The van der Waals surface area contributed by atoms with Crippen LogP contribution in [0.1, 0.15) is 43.7 Å². The Hall–Kier alpha value is -2.82. The molecule has 0 aromatic heterocycles. The highest BCUT2D eigenvalue weighted by Gasteiger charge is 2.54. The van der Waals surface area contributed by atoms with Crippen molar-refractivity contribution < 1.29 is 9.59 Å². The molecule has 3 amide bonds. The zero-order valence-electron chi connectivity index (χ0n) is 17.4. The summed E-state index contributed by atoms with van der Waals surface area (Å²) in [5, 5.41) is 2.90. The fraction of sp³-hybridized carbons (Fsp3) is 0.417. The van der Waals surface area contributed by atoms with Crippen molar-refractivity contribution in [3.05, 3.63) is 65.7 Å². The van der Waals surface area contributed by atoms with Gasteiger partial charge in [-0.1, -0.05) is 48.5 Å². The summed E-state index contributed by atoms with van der Waals surface area (Å²) in [5.41, 5.74) is 3.16. The molecule has 0 bridgehead atoms.